The van der Waals surface area contributed by atoms with E-state index in [1.165, 1.54) is 18.5 Å². The van der Waals surface area contributed by atoms with Gasteiger partial charge in [0.25, 0.3) is 0 Å². The lowest BCUT2D eigenvalue weighted by Gasteiger charge is -2.23. The second-order valence-corrected chi connectivity index (χ2v) is 7.57. The lowest BCUT2D eigenvalue weighted by atomic mass is 9.95. The summed E-state index contributed by atoms with van der Waals surface area (Å²) in [5.74, 6) is 0.108. The molecule has 1 aliphatic heterocycles. The number of aromatic nitrogens is 4. The molecule has 170 valence electrons. The number of imidazole rings is 1. The molecule has 0 atom stereocenters. The Hall–Kier alpha value is -2.90. The van der Waals surface area contributed by atoms with Gasteiger partial charge in [-0.1, -0.05) is 0 Å². The molecule has 0 saturated carbocycles. The fourth-order valence-corrected chi connectivity index (χ4v) is 3.79. The number of nitrogens with one attached hydrogen (secondary N) is 1. The third-order valence-electron chi connectivity index (χ3n) is 5.46. The molecule has 0 bridgehead atoms. The first-order valence-corrected chi connectivity index (χ1v) is 10.0. The van der Waals surface area contributed by atoms with Crippen LogP contribution in [0.3, 0.4) is 0 Å². The maximum absolute atomic E-state index is 13.8. The summed E-state index contributed by atoms with van der Waals surface area (Å²) in [7, 11) is 1.69. The number of nitriles is 1. The van der Waals surface area contributed by atoms with Gasteiger partial charge in [0.1, 0.15) is 23.0 Å². The Morgan fingerprint density at radius 3 is 2.69 bits per heavy atom. The number of halogens is 4. The van der Waals surface area contributed by atoms with Gasteiger partial charge in [-0.2, -0.15) is 23.4 Å². The number of piperidine rings is 1. The molecule has 3 heterocycles. The number of hydrogen-bond donors (Lipinski definition) is 1. The minimum Gasteiger partial charge on any atom is -0.493 e. The summed E-state index contributed by atoms with van der Waals surface area (Å²) >= 11 is 0. The van der Waals surface area contributed by atoms with Gasteiger partial charge in [0, 0.05) is 12.6 Å². The van der Waals surface area contributed by atoms with Crippen LogP contribution in [0.25, 0.3) is 22.4 Å². The molecule has 4 rings (SSSR count). The number of ether oxygens (including phenoxy) is 1. The highest BCUT2D eigenvalue weighted by molar-refractivity contribution is 5.88. The first-order chi connectivity index (χ1) is 14.9. The van der Waals surface area contributed by atoms with Crippen molar-refractivity contribution >= 4 is 23.6 Å². The van der Waals surface area contributed by atoms with Crippen molar-refractivity contribution < 1.29 is 17.9 Å². The molecule has 1 aliphatic rings. The topological polar surface area (TPSA) is 88.6 Å². The molecular weight excluding hydrogens is 445 g/mol. The molecule has 7 nitrogen and oxygen atoms in total. The minimum absolute atomic E-state index is 0. The van der Waals surface area contributed by atoms with Gasteiger partial charge in [0.2, 0.25) is 5.82 Å². The van der Waals surface area contributed by atoms with Crippen molar-refractivity contribution in [2.24, 2.45) is 13.0 Å². The maximum Gasteiger partial charge on any atom is 0.419 e. The Labute approximate surface area is 189 Å². The SMILES string of the molecule is Cl.Cn1cnc2c(-c3ccc(OCCC4CCNCC4)c(C(F)(F)F)c3)nc(C#N)nc21. The van der Waals surface area contributed by atoms with E-state index in [9.17, 15) is 18.4 Å². The second kappa shape index (κ2) is 9.71. The molecule has 0 radical (unpaired) electrons. The Balaban J connectivity index is 0.00000289. The van der Waals surface area contributed by atoms with Crippen LogP contribution in [0.2, 0.25) is 0 Å². The fraction of sp³-hybridized carbons (Fsp3) is 0.429. The molecular formula is C21H22ClF3N6O. The number of benzene rings is 1. The van der Waals surface area contributed by atoms with Crippen molar-refractivity contribution in [3.63, 3.8) is 0 Å². The molecule has 32 heavy (non-hydrogen) atoms. The normalized spacial score (nSPS) is 14.7. The largest absolute Gasteiger partial charge is 0.493 e. The quantitative estimate of drug-likeness (QED) is 0.608. The van der Waals surface area contributed by atoms with Crippen molar-refractivity contribution in [1.29, 1.82) is 5.26 Å². The van der Waals surface area contributed by atoms with E-state index in [-0.39, 0.29) is 41.8 Å². The first kappa shape index (κ1) is 23.8. The molecule has 0 amide bonds. The van der Waals surface area contributed by atoms with Crippen LogP contribution < -0.4 is 10.1 Å². The molecule has 1 fully saturated rings. The predicted octanol–water partition coefficient (Wildman–Crippen LogP) is 4.11. The summed E-state index contributed by atoms with van der Waals surface area (Å²) in [5, 5.41) is 12.5. The van der Waals surface area contributed by atoms with Crippen molar-refractivity contribution in [3.05, 3.63) is 35.9 Å². The Bertz CT molecular complexity index is 1130. The van der Waals surface area contributed by atoms with Gasteiger partial charge in [-0.15, -0.1) is 12.4 Å². The summed E-state index contributed by atoms with van der Waals surface area (Å²) in [6.45, 7) is 2.08. The molecule has 0 aliphatic carbocycles. The Morgan fingerprint density at radius 1 is 1.25 bits per heavy atom. The lowest BCUT2D eigenvalue weighted by molar-refractivity contribution is -0.138. The van der Waals surface area contributed by atoms with Gasteiger partial charge in [0.05, 0.1) is 18.5 Å². The molecule has 1 saturated heterocycles. The standard InChI is InChI=1S/C21H21F3N6O.ClH/c1-30-12-27-19-18(28-17(11-25)29-20(19)30)14-2-3-16(15(10-14)21(22,23)24)31-9-6-13-4-7-26-8-5-13;/h2-3,10,12-13,26H,4-9H2,1H3;1H. The highest BCUT2D eigenvalue weighted by Gasteiger charge is 2.35. The summed E-state index contributed by atoms with van der Waals surface area (Å²) in [6, 6.07) is 5.66. The zero-order valence-electron chi connectivity index (χ0n) is 17.3. The number of aryl methyl sites for hydroxylation is 1. The molecule has 3 aromatic rings. The minimum atomic E-state index is -4.60. The zero-order valence-corrected chi connectivity index (χ0v) is 18.1. The van der Waals surface area contributed by atoms with Gasteiger partial charge < -0.3 is 14.6 Å². The smallest absolute Gasteiger partial charge is 0.419 e. The van der Waals surface area contributed by atoms with Crippen LogP contribution in [0.4, 0.5) is 13.2 Å². The van der Waals surface area contributed by atoms with Gasteiger partial charge in [-0.3, -0.25) is 0 Å². The van der Waals surface area contributed by atoms with E-state index in [2.05, 4.69) is 20.3 Å². The highest BCUT2D eigenvalue weighted by atomic mass is 35.5. The van der Waals surface area contributed by atoms with E-state index in [0.717, 1.165) is 32.0 Å². The average Bonchev–Trinajstić information content (AvgIpc) is 3.14. The van der Waals surface area contributed by atoms with Crippen molar-refractivity contribution in [3.8, 4) is 23.1 Å². The van der Waals surface area contributed by atoms with Crippen molar-refractivity contribution in [2.75, 3.05) is 19.7 Å². The van der Waals surface area contributed by atoms with Crippen molar-refractivity contribution in [2.45, 2.75) is 25.4 Å². The molecule has 1 aromatic carbocycles. The lowest BCUT2D eigenvalue weighted by Crippen LogP contribution is -2.28. The molecule has 0 unspecified atom stereocenters. The number of fused-ring (bicyclic) bond motifs is 1. The fourth-order valence-electron chi connectivity index (χ4n) is 3.79. The van der Waals surface area contributed by atoms with E-state index in [1.807, 2.05) is 6.07 Å². The van der Waals surface area contributed by atoms with E-state index in [1.54, 1.807) is 11.6 Å². The van der Waals surface area contributed by atoms with Crippen LogP contribution in [0.1, 0.15) is 30.7 Å². The van der Waals surface area contributed by atoms with Crippen LogP contribution >= 0.6 is 12.4 Å². The second-order valence-electron chi connectivity index (χ2n) is 7.57. The van der Waals surface area contributed by atoms with E-state index in [0.29, 0.717) is 23.5 Å². The molecule has 1 N–H and O–H groups in total. The summed E-state index contributed by atoms with van der Waals surface area (Å²) in [4.78, 5) is 12.4. The van der Waals surface area contributed by atoms with Crippen LogP contribution in [0.5, 0.6) is 5.75 Å². The number of alkyl halides is 3. The van der Waals surface area contributed by atoms with Gasteiger partial charge in [-0.25, -0.2) is 9.97 Å². The maximum atomic E-state index is 13.8. The number of hydrogen-bond acceptors (Lipinski definition) is 6. The van der Waals surface area contributed by atoms with Crippen LogP contribution in [-0.2, 0) is 13.2 Å². The third kappa shape index (κ3) is 4.95. The monoisotopic (exact) mass is 466 g/mol. The third-order valence-corrected chi connectivity index (χ3v) is 5.46. The van der Waals surface area contributed by atoms with E-state index in [4.69, 9.17) is 4.74 Å². The molecule has 11 heteroatoms. The van der Waals surface area contributed by atoms with Gasteiger partial charge >= 0.3 is 6.18 Å². The molecule has 0 spiro atoms. The zero-order chi connectivity index (χ0) is 22.0. The molecule has 2 aromatic heterocycles. The van der Waals surface area contributed by atoms with Crippen molar-refractivity contribution in [1.82, 2.24) is 24.8 Å². The number of nitrogens with zero attached hydrogens (tertiary/aromatic N) is 5. The van der Waals surface area contributed by atoms with Gasteiger partial charge in [-0.05, 0) is 56.5 Å². The number of rotatable bonds is 5. The highest BCUT2D eigenvalue weighted by Crippen LogP contribution is 2.39. The Morgan fingerprint density at radius 2 is 2.00 bits per heavy atom. The Kier molecular flexibility index (Phi) is 7.21. The van der Waals surface area contributed by atoms with E-state index >= 15 is 0 Å². The van der Waals surface area contributed by atoms with Gasteiger partial charge in [0.15, 0.2) is 5.65 Å². The van der Waals surface area contributed by atoms with Crippen LogP contribution in [0, 0.1) is 17.2 Å². The first-order valence-electron chi connectivity index (χ1n) is 10.0. The summed E-state index contributed by atoms with van der Waals surface area (Å²) in [5.41, 5.74) is 0.192. The van der Waals surface area contributed by atoms with Crippen LogP contribution in [0.15, 0.2) is 24.5 Å². The summed E-state index contributed by atoms with van der Waals surface area (Å²) < 4.78 is 48.5. The predicted molar refractivity (Wildman–Crippen MR) is 114 cm³/mol. The van der Waals surface area contributed by atoms with Crippen LogP contribution in [-0.4, -0.2) is 39.2 Å². The average molecular weight is 467 g/mol. The summed E-state index contributed by atoms with van der Waals surface area (Å²) in [6.07, 6.45) is -0.402. The van der Waals surface area contributed by atoms with E-state index < -0.39 is 11.7 Å².